The second kappa shape index (κ2) is 10.9. The number of nitrogens with one attached hydrogen (secondary N) is 1. The number of esters is 1. The van der Waals surface area contributed by atoms with Crippen LogP contribution in [0, 0.1) is 11.8 Å². The molecule has 1 saturated carbocycles. The number of piperidine rings is 1. The molecule has 0 spiro atoms. The summed E-state index contributed by atoms with van der Waals surface area (Å²) in [7, 11) is 1.39. The molecule has 2 fully saturated rings. The zero-order chi connectivity index (χ0) is 27.9. The number of benzene rings is 3. The molecule has 0 radical (unpaired) electrons. The van der Waals surface area contributed by atoms with Crippen LogP contribution in [0.3, 0.4) is 0 Å². The van der Waals surface area contributed by atoms with Crippen LogP contribution in [0.15, 0.2) is 66.7 Å². The molecule has 2 bridgehead atoms. The van der Waals surface area contributed by atoms with Gasteiger partial charge in [-0.2, -0.15) is 0 Å². The molecular weight excluding hydrogens is 496 g/mol. The minimum atomic E-state index is -0.332. The highest BCUT2D eigenvalue weighted by Gasteiger charge is 2.49. The Kier molecular flexibility index (Phi) is 7.26. The molecule has 3 aromatic carbocycles. The van der Waals surface area contributed by atoms with E-state index in [1.165, 1.54) is 56.2 Å². The van der Waals surface area contributed by atoms with Crippen LogP contribution in [0.5, 0.6) is 0 Å². The van der Waals surface area contributed by atoms with Crippen molar-refractivity contribution in [2.45, 2.75) is 57.4 Å². The van der Waals surface area contributed by atoms with Gasteiger partial charge in [-0.05, 0) is 108 Å². The minimum absolute atomic E-state index is 0.00895. The van der Waals surface area contributed by atoms with E-state index in [4.69, 9.17) is 4.74 Å². The van der Waals surface area contributed by atoms with E-state index in [2.05, 4.69) is 60.5 Å². The fourth-order valence-corrected chi connectivity index (χ4v) is 6.91. The van der Waals surface area contributed by atoms with Gasteiger partial charge < -0.3 is 10.1 Å². The number of hydrogen-bond donors (Lipinski definition) is 1. The number of nitrogens with zero attached hydrogens (tertiary/aromatic N) is 1. The first-order valence-electron chi connectivity index (χ1n) is 14.8. The average molecular weight is 537 g/mol. The molecule has 1 amide bonds. The van der Waals surface area contributed by atoms with Crippen LogP contribution in [0.25, 0.3) is 11.1 Å². The van der Waals surface area contributed by atoms with E-state index >= 15 is 0 Å². The van der Waals surface area contributed by atoms with Crippen LogP contribution in [-0.2, 0) is 23.0 Å². The number of ether oxygens (including phenoxy) is 1. The number of carbonyl (C=O) groups excluding carboxylic acids is 2. The molecule has 6 rings (SSSR count). The van der Waals surface area contributed by atoms with Crippen molar-refractivity contribution < 1.29 is 14.3 Å². The molecule has 40 heavy (non-hydrogen) atoms. The number of methoxy groups -OCH3 is 1. The Balaban J connectivity index is 1.06. The predicted octanol–water partition coefficient (Wildman–Crippen LogP) is 6.05. The Hall–Kier alpha value is -3.44. The first kappa shape index (κ1) is 26.8. The summed E-state index contributed by atoms with van der Waals surface area (Å²) in [6, 6.07) is 22.8. The molecule has 208 valence electrons. The zero-order valence-electron chi connectivity index (χ0n) is 23.9. The van der Waals surface area contributed by atoms with Crippen molar-refractivity contribution >= 4 is 11.9 Å². The van der Waals surface area contributed by atoms with Crippen LogP contribution >= 0.6 is 0 Å². The Morgan fingerprint density at radius 2 is 1.65 bits per heavy atom. The molecule has 3 aliphatic rings. The molecule has 1 heterocycles. The van der Waals surface area contributed by atoms with Gasteiger partial charge in [-0.1, -0.05) is 56.3 Å². The van der Waals surface area contributed by atoms with Crippen molar-refractivity contribution in [3.05, 3.63) is 94.5 Å². The van der Waals surface area contributed by atoms with Gasteiger partial charge in [-0.3, -0.25) is 9.69 Å². The summed E-state index contributed by atoms with van der Waals surface area (Å²) in [6.45, 7) is 7.90. The molecular formula is C35H40N2O3. The predicted molar refractivity (Wildman–Crippen MR) is 159 cm³/mol. The zero-order valence-corrected chi connectivity index (χ0v) is 23.9. The van der Waals surface area contributed by atoms with Gasteiger partial charge in [0, 0.05) is 24.7 Å². The number of rotatable bonds is 8. The highest BCUT2D eigenvalue weighted by Crippen LogP contribution is 2.49. The summed E-state index contributed by atoms with van der Waals surface area (Å²) >= 11 is 0. The van der Waals surface area contributed by atoms with E-state index in [-0.39, 0.29) is 17.3 Å². The molecule has 1 saturated heterocycles. The van der Waals surface area contributed by atoms with Crippen molar-refractivity contribution in [1.29, 1.82) is 0 Å². The molecule has 5 nitrogen and oxygen atoms in total. The second-order valence-corrected chi connectivity index (χ2v) is 12.3. The Labute approximate surface area is 237 Å². The first-order chi connectivity index (χ1) is 19.4. The standard InChI is InChI=1S/C35H40N2O3/c1-23-32-21-29-14-15-30(20-31(29)35(23,2)17-19-37(32)22-25-4-5-25)33(38)36-18-16-24-6-8-26(9-7-24)27-10-12-28(13-11-27)34(39)40-3/h6-15,20,23,25,32H,4-5,16-19,21-22H2,1-3H3,(H,36,38)/t23-,32?,35-/m0/s1. The summed E-state index contributed by atoms with van der Waals surface area (Å²) in [4.78, 5) is 27.6. The maximum absolute atomic E-state index is 13.1. The second-order valence-electron chi connectivity index (χ2n) is 12.3. The van der Waals surface area contributed by atoms with Gasteiger partial charge in [-0.15, -0.1) is 0 Å². The van der Waals surface area contributed by atoms with Crippen LogP contribution in [-0.4, -0.2) is 49.6 Å². The maximum Gasteiger partial charge on any atom is 0.337 e. The normalized spacial score (nSPS) is 23.8. The summed E-state index contributed by atoms with van der Waals surface area (Å²) in [5.74, 6) is 1.20. The summed E-state index contributed by atoms with van der Waals surface area (Å²) < 4.78 is 4.77. The molecule has 1 aliphatic heterocycles. The van der Waals surface area contributed by atoms with Crippen LogP contribution in [0.2, 0.25) is 0 Å². The molecule has 0 aromatic heterocycles. The van der Waals surface area contributed by atoms with E-state index in [0.717, 1.165) is 35.4 Å². The third-order valence-electron chi connectivity index (χ3n) is 9.87. The fraction of sp³-hybridized carbons (Fsp3) is 0.429. The van der Waals surface area contributed by atoms with Crippen molar-refractivity contribution in [1.82, 2.24) is 10.2 Å². The Morgan fingerprint density at radius 3 is 2.33 bits per heavy atom. The molecule has 3 atom stereocenters. The quantitative estimate of drug-likeness (QED) is 0.356. The van der Waals surface area contributed by atoms with Gasteiger partial charge in [0.2, 0.25) is 0 Å². The number of fused-ring (bicyclic) bond motifs is 4. The van der Waals surface area contributed by atoms with Crippen molar-refractivity contribution in [3.8, 4) is 11.1 Å². The van der Waals surface area contributed by atoms with Gasteiger partial charge in [0.25, 0.3) is 5.91 Å². The molecule has 5 heteroatoms. The molecule has 2 aliphatic carbocycles. The van der Waals surface area contributed by atoms with Gasteiger partial charge in [-0.25, -0.2) is 4.79 Å². The fourth-order valence-electron chi connectivity index (χ4n) is 6.91. The van der Waals surface area contributed by atoms with Crippen LogP contribution < -0.4 is 5.32 Å². The van der Waals surface area contributed by atoms with E-state index in [1.807, 2.05) is 18.2 Å². The van der Waals surface area contributed by atoms with Gasteiger partial charge in [0.1, 0.15) is 0 Å². The van der Waals surface area contributed by atoms with E-state index in [9.17, 15) is 9.59 Å². The largest absolute Gasteiger partial charge is 0.465 e. The monoisotopic (exact) mass is 536 g/mol. The number of amides is 1. The number of likely N-dealkylation sites (tertiary alicyclic amines) is 1. The van der Waals surface area contributed by atoms with Crippen LogP contribution in [0.4, 0.5) is 0 Å². The van der Waals surface area contributed by atoms with Crippen molar-refractivity contribution in [2.24, 2.45) is 11.8 Å². The highest BCUT2D eigenvalue weighted by molar-refractivity contribution is 5.94. The highest BCUT2D eigenvalue weighted by atomic mass is 16.5. The Morgan fingerprint density at radius 1 is 0.975 bits per heavy atom. The van der Waals surface area contributed by atoms with E-state index < -0.39 is 0 Å². The lowest BCUT2D eigenvalue weighted by molar-refractivity contribution is 0.0284. The lowest BCUT2D eigenvalue weighted by atomic mass is 9.59. The molecule has 1 N–H and O–H groups in total. The topological polar surface area (TPSA) is 58.6 Å². The van der Waals surface area contributed by atoms with E-state index in [0.29, 0.717) is 24.1 Å². The van der Waals surface area contributed by atoms with E-state index in [1.54, 1.807) is 12.1 Å². The number of hydrogen-bond acceptors (Lipinski definition) is 4. The maximum atomic E-state index is 13.1. The van der Waals surface area contributed by atoms with Crippen molar-refractivity contribution in [3.63, 3.8) is 0 Å². The smallest absolute Gasteiger partial charge is 0.337 e. The molecule has 3 aromatic rings. The van der Waals surface area contributed by atoms with Gasteiger partial charge >= 0.3 is 5.97 Å². The summed E-state index contributed by atoms with van der Waals surface area (Å²) in [6.07, 6.45) is 5.85. The lowest BCUT2D eigenvalue weighted by Crippen LogP contribution is -2.58. The SMILES string of the molecule is COC(=O)c1ccc(-c2ccc(CCNC(=O)c3ccc4c(c3)[C@@]3(C)CCN(CC5CC5)C(C4)[C@@H]3C)cc2)cc1. The molecule has 1 unspecified atom stereocenters. The summed E-state index contributed by atoms with van der Waals surface area (Å²) in [5.41, 5.74) is 7.58. The average Bonchev–Trinajstić information content (AvgIpc) is 3.80. The first-order valence-corrected chi connectivity index (χ1v) is 14.8. The summed E-state index contributed by atoms with van der Waals surface area (Å²) in [5, 5.41) is 3.15. The van der Waals surface area contributed by atoms with Crippen molar-refractivity contribution in [2.75, 3.05) is 26.7 Å². The third-order valence-corrected chi connectivity index (χ3v) is 9.87. The van der Waals surface area contributed by atoms with Gasteiger partial charge in [0.15, 0.2) is 0 Å². The lowest BCUT2D eigenvalue weighted by Gasteiger charge is -2.55. The Bertz CT molecular complexity index is 1390. The minimum Gasteiger partial charge on any atom is -0.465 e. The van der Waals surface area contributed by atoms with Crippen LogP contribution in [0.1, 0.15) is 70.5 Å². The number of carbonyl (C=O) groups is 2. The third kappa shape index (κ3) is 5.19. The van der Waals surface area contributed by atoms with Gasteiger partial charge in [0.05, 0.1) is 12.7 Å².